The number of amides is 1. The Hall–Kier alpha value is -2.11. The quantitative estimate of drug-likeness (QED) is 0.598. The molecule has 0 saturated heterocycles. The molecule has 0 radical (unpaired) electrons. The number of rotatable bonds is 2. The Balaban J connectivity index is 3.07. The van der Waals surface area contributed by atoms with Crippen LogP contribution in [0.15, 0.2) is 18.2 Å². The van der Waals surface area contributed by atoms with Crippen LogP contribution in [0.1, 0.15) is 5.56 Å². The third-order valence-electron chi connectivity index (χ3n) is 1.77. The zero-order valence-corrected chi connectivity index (χ0v) is 8.31. The maximum atomic E-state index is 10.9. The first-order valence-electron chi connectivity index (χ1n) is 4.14. The van der Waals surface area contributed by atoms with Gasteiger partial charge < -0.3 is 4.74 Å². The number of ether oxygens (including phenoxy) is 1. The minimum atomic E-state index is -0.733. The van der Waals surface area contributed by atoms with Gasteiger partial charge in [-0.15, -0.1) is 0 Å². The zero-order chi connectivity index (χ0) is 11.4. The number of hydrogen-bond donors (Lipinski definition) is 1. The summed E-state index contributed by atoms with van der Waals surface area (Å²) in [5.74, 6) is 0. The van der Waals surface area contributed by atoms with Gasteiger partial charge in [-0.25, -0.2) is 4.79 Å². The van der Waals surface area contributed by atoms with Crippen molar-refractivity contribution in [2.24, 2.45) is 0 Å². The predicted octanol–water partition coefficient (Wildman–Crippen LogP) is 2.08. The van der Waals surface area contributed by atoms with Crippen molar-refractivity contribution in [3.63, 3.8) is 0 Å². The van der Waals surface area contributed by atoms with E-state index in [2.05, 4.69) is 10.1 Å². The summed E-state index contributed by atoms with van der Waals surface area (Å²) >= 11 is 0. The molecular weight excluding hydrogens is 200 g/mol. The van der Waals surface area contributed by atoms with Crippen molar-refractivity contribution in [2.45, 2.75) is 6.92 Å². The van der Waals surface area contributed by atoms with Crippen LogP contribution in [0.25, 0.3) is 0 Å². The summed E-state index contributed by atoms with van der Waals surface area (Å²) in [5.41, 5.74) is 0.782. The topological polar surface area (TPSA) is 81.5 Å². The van der Waals surface area contributed by atoms with Gasteiger partial charge in [0.25, 0.3) is 5.69 Å². The number of methoxy groups -OCH3 is 1. The summed E-state index contributed by atoms with van der Waals surface area (Å²) in [6.45, 7) is 1.77. The minimum Gasteiger partial charge on any atom is -0.453 e. The van der Waals surface area contributed by atoms with E-state index in [1.54, 1.807) is 13.0 Å². The summed E-state index contributed by atoms with van der Waals surface area (Å²) in [6.07, 6.45) is -0.733. The predicted molar refractivity (Wildman–Crippen MR) is 53.9 cm³/mol. The highest BCUT2D eigenvalue weighted by atomic mass is 16.6. The summed E-state index contributed by atoms with van der Waals surface area (Å²) < 4.78 is 4.36. The highest BCUT2D eigenvalue weighted by Crippen LogP contribution is 2.25. The molecule has 0 fully saturated rings. The molecule has 0 aliphatic rings. The van der Waals surface area contributed by atoms with E-state index in [0.29, 0.717) is 0 Å². The average molecular weight is 210 g/mol. The number of anilines is 1. The van der Waals surface area contributed by atoms with Crippen molar-refractivity contribution < 1.29 is 14.5 Å². The van der Waals surface area contributed by atoms with E-state index in [1.807, 2.05) is 0 Å². The normalized spacial score (nSPS) is 9.47. The van der Waals surface area contributed by atoms with Gasteiger partial charge in [-0.1, -0.05) is 6.07 Å². The van der Waals surface area contributed by atoms with Crippen LogP contribution >= 0.6 is 0 Å². The van der Waals surface area contributed by atoms with Gasteiger partial charge in [-0.05, 0) is 18.6 Å². The summed E-state index contributed by atoms with van der Waals surface area (Å²) in [4.78, 5) is 21.0. The average Bonchev–Trinajstić information content (AvgIpc) is 2.17. The fourth-order valence-electron chi connectivity index (χ4n) is 1.07. The second-order valence-corrected chi connectivity index (χ2v) is 2.89. The lowest BCUT2D eigenvalue weighted by atomic mass is 10.2. The van der Waals surface area contributed by atoms with Gasteiger partial charge in [-0.2, -0.15) is 0 Å². The van der Waals surface area contributed by atoms with Gasteiger partial charge in [0, 0.05) is 6.07 Å². The molecule has 15 heavy (non-hydrogen) atoms. The van der Waals surface area contributed by atoms with Crippen LogP contribution in [0.3, 0.4) is 0 Å². The summed E-state index contributed by atoms with van der Waals surface area (Å²) in [6, 6.07) is 4.44. The SMILES string of the molecule is COC(=O)Nc1cc(C)ccc1[N+](=O)[O-]. The Morgan fingerprint density at radius 3 is 2.73 bits per heavy atom. The van der Waals surface area contributed by atoms with E-state index < -0.39 is 11.0 Å². The third-order valence-corrected chi connectivity index (χ3v) is 1.77. The summed E-state index contributed by atoms with van der Waals surface area (Å²) in [7, 11) is 1.19. The first-order valence-corrected chi connectivity index (χ1v) is 4.14. The molecule has 0 saturated carbocycles. The molecule has 0 unspecified atom stereocenters. The van der Waals surface area contributed by atoms with Crippen LogP contribution in [-0.4, -0.2) is 18.1 Å². The first kappa shape index (κ1) is 11.0. The fraction of sp³-hybridized carbons (Fsp3) is 0.222. The third kappa shape index (κ3) is 2.67. The van der Waals surface area contributed by atoms with Gasteiger partial charge >= 0.3 is 6.09 Å². The van der Waals surface area contributed by atoms with Crippen LogP contribution in [0.5, 0.6) is 0 Å². The molecule has 1 N–H and O–H groups in total. The lowest BCUT2D eigenvalue weighted by molar-refractivity contribution is -0.383. The van der Waals surface area contributed by atoms with Crippen molar-refractivity contribution in [1.82, 2.24) is 0 Å². The van der Waals surface area contributed by atoms with Gasteiger partial charge in [0.15, 0.2) is 0 Å². The number of carbonyl (C=O) groups is 1. The van der Waals surface area contributed by atoms with Crippen LogP contribution < -0.4 is 5.32 Å². The Bertz CT molecular complexity index is 403. The molecule has 0 aromatic heterocycles. The Morgan fingerprint density at radius 2 is 2.20 bits per heavy atom. The van der Waals surface area contributed by atoms with Crippen LogP contribution in [0.2, 0.25) is 0 Å². The van der Waals surface area contributed by atoms with Crippen molar-refractivity contribution in [1.29, 1.82) is 0 Å². The van der Waals surface area contributed by atoms with E-state index in [1.165, 1.54) is 19.2 Å². The number of benzene rings is 1. The maximum Gasteiger partial charge on any atom is 0.411 e. The number of nitro groups is 1. The lowest BCUT2D eigenvalue weighted by Gasteiger charge is -2.05. The fourth-order valence-corrected chi connectivity index (χ4v) is 1.07. The largest absolute Gasteiger partial charge is 0.453 e. The standard InChI is InChI=1S/C9H10N2O4/c1-6-3-4-8(11(13)14)7(5-6)10-9(12)15-2/h3-5H,1-2H3,(H,10,12). The van der Waals surface area contributed by atoms with Crippen LogP contribution in [0.4, 0.5) is 16.2 Å². The minimum absolute atomic E-state index is 0.131. The molecule has 1 aromatic carbocycles. The van der Waals surface area contributed by atoms with E-state index in [9.17, 15) is 14.9 Å². The highest BCUT2D eigenvalue weighted by molar-refractivity contribution is 5.87. The molecule has 0 bridgehead atoms. The smallest absolute Gasteiger partial charge is 0.411 e. The Labute approximate surface area is 86.0 Å². The number of nitrogens with zero attached hydrogens (tertiary/aromatic N) is 1. The number of nitrogens with one attached hydrogen (secondary N) is 1. The molecule has 0 atom stereocenters. The Morgan fingerprint density at radius 1 is 1.53 bits per heavy atom. The number of hydrogen-bond acceptors (Lipinski definition) is 4. The second-order valence-electron chi connectivity index (χ2n) is 2.89. The molecule has 80 valence electrons. The Kier molecular flexibility index (Phi) is 3.22. The molecule has 0 aliphatic heterocycles. The molecule has 6 heteroatoms. The van der Waals surface area contributed by atoms with E-state index in [-0.39, 0.29) is 11.4 Å². The summed E-state index contributed by atoms with van der Waals surface area (Å²) in [5, 5.41) is 12.9. The molecule has 6 nitrogen and oxygen atoms in total. The highest BCUT2D eigenvalue weighted by Gasteiger charge is 2.15. The number of carbonyl (C=O) groups excluding carboxylic acids is 1. The van der Waals surface area contributed by atoms with Crippen molar-refractivity contribution in [2.75, 3.05) is 12.4 Å². The molecular formula is C9H10N2O4. The molecule has 1 aromatic rings. The first-order chi connectivity index (χ1) is 7.04. The molecule has 0 aliphatic carbocycles. The number of nitro benzene ring substituents is 1. The molecule has 1 amide bonds. The maximum absolute atomic E-state index is 10.9. The molecule has 0 spiro atoms. The zero-order valence-electron chi connectivity index (χ0n) is 8.31. The van der Waals surface area contributed by atoms with Crippen molar-refractivity contribution >= 4 is 17.5 Å². The van der Waals surface area contributed by atoms with Gasteiger partial charge in [0.2, 0.25) is 0 Å². The van der Waals surface area contributed by atoms with E-state index in [0.717, 1.165) is 5.56 Å². The molecule has 1 rings (SSSR count). The lowest BCUT2D eigenvalue weighted by Crippen LogP contribution is -2.12. The van der Waals surface area contributed by atoms with Gasteiger partial charge in [-0.3, -0.25) is 15.4 Å². The van der Waals surface area contributed by atoms with Crippen LogP contribution in [-0.2, 0) is 4.74 Å². The van der Waals surface area contributed by atoms with E-state index in [4.69, 9.17) is 0 Å². The van der Waals surface area contributed by atoms with Gasteiger partial charge in [0.05, 0.1) is 12.0 Å². The van der Waals surface area contributed by atoms with Crippen molar-refractivity contribution in [3.05, 3.63) is 33.9 Å². The van der Waals surface area contributed by atoms with Crippen LogP contribution in [0, 0.1) is 17.0 Å². The monoisotopic (exact) mass is 210 g/mol. The molecule has 0 heterocycles. The second kappa shape index (κ2) is 4.41. The van der Waals surface area contributed by atoms with E-state index >= 15 is 0 Å². The van der Waals surface area contributed by atoms with Crippen molar-refractivity contribution in [3.8, 4) is 0 Å². The number of aryl methyl sites for hydroxylation is 1. The van der Waals surface area contributed by atoms with Gasteiger partial charge in [0.1, 0.15) is 5.69 Å².